The molecule has 7 heteroatoms. The normalized spacial score (nSPS) is 10.5. The molecular weight excluding hydrogens is 370 g/mol. The van der Waals surface area contributed by atoms with Crippen LogP contribution in [0.4, 0.5) is 17.1 Å². The lowest BCUT2D eigenvalue weighted by atomic mass is 10.0. The number of carbonyl (C=O) groups excluding carboxylic acids is 2. The van der Waals surface area contributed by atoms with Gasteiger partial charge in [-0.2, -0.15) is 0 Å². The largest absolute Gasteiger partial charge is 0.465 e. The molecular formula is C22H23N3O4. The number of benzene rings is 2. The number of esters is 2. The molecule has 0 atom stereocenters. The van der Waals surface area contributed by atoms with E-state index in [4.69, 9.17) is 9.47 Å². The Labute approximate surface area is 169 Å². The Morgan fingerprint density at radius 1 is 1.03 bits per heavy atom. The van der Waals surface area contributed by atoms with E-state index in [0.717, 1.165) is 11.4 Å². The van der Waals surface area contributed by atoms with Crippen LogP contribution in [0.5, 0.6) is 0 Å². The molecule has 0 radical (unpaired) electrons. The molecule has 0 bridgehead atoms. The molecule has 150 valence electrons. The minimum Gasteiger partial charge on any atom is -0.465 e. The van der Waals surface area contributed by atoms with Gasteiger partial charge in [0, 0.05) is 37.1 Å². The van der Waals surface area contributed by atoms with E-state index < -0.39 is 11.9 Å². The van der Waals surface area contributed by atoms with Crippen molar-refractivity contribution in [1.82, 2.24) is 4.98 Å². The number of nitrogens with zero attached hydrogens (tertiary/aromatic N) is 2. The molecule has 2 aromatic carbocycles. The number of fused-ring (bicyclic) bond motifs is 1. The fourth-order valence-electron chi connectivity index (χ4n) is 2.98. The summed E-state index contributed by atoms with van der Waals surface area (Å²) in [7, 11) is 5.25. The quantitative estimate of drug-likeness (QED) is 0.634. The van der Waals surface area contributed by atoms with Crippen LogP contribution in [0.15, 0.2) is 48.7 Å². The zero-order valence-electron chi connectivity index (χ0n) is 16.9. The number of anilines is 3. The lowest BCUT2D eigenvalue weighted by molar-refractivity contribution is 0.0526. The smallest absolute Gasteiger partial charge is 0.341 e. The molecule has 3 rings (SSSR count). The second-order valence-corrected chi connectivity index (χ2v) is 6.53. The van der Waals surface area contributed by atoms with Crippen LogP contribution in [0, 0.1) is 0 Å². The van der Waals surface area contributed by atoms with E-state index >= 15 is 0 Å². The van der Waals surface area contributed by atoms with Gasteiger partial charge >= 0.3 is 11.9 Å². The fraction of sp³-hybridized carbons (Fsp3) is 0.227. The van der Waals surface area contributed by atoms with Gasteiger partial charge in [-0.3, -0.25) is 4.98 Å². The van der Waals surface area contributed by atoms with Crippen LogP contribution in [0.25, 0.3) is 10.9 Å². The van der Waals surface area contributed by atoms with Crippen molar-refractivity contribution < 1.29 is 19.1 Å². The summed E-state index contributed by atoms with van der Waals surface area (Å²) in [5.41, 5.74) is 3.42. The van der Waals surface area contributed by atoms with E-state index in [1.165, 1.54) is 13.3 Å². The first kappa shape index (κ1) is 20.1. The van der Waals surface area contributed by atoms with E-state index in [1.807, 2.05) is 43.3 Å². The van der Waals surface area contributed by atoms with Gasteiger partial charge in [0.15, 0.2) is 0 Å². The maximum absolute atomic E-state index is 12.5. The van der Waals surface area contributed by atoms with Gasteiger partial charge in [0.1, 0.15) is 5.56 Å². The highest BCUT2D eigenvalue weighted by Crippen LogP contribution is 2.32. The predicted molar refractivity (Wildman–Crippen MR) is 113 cm³/mol. The second-order valence-electron chi connectivity index (χ2n) is 6.53. The van der Waals surface area contributed by atoms with E-state index in [2.05, 4.69) is 10.3 Å². The maximum Gasteiger partial charge on any atom is 0.341 e. The lowest BCUT2D eigenvalue weighted by Gasteiger charge is -2.17. The average Bonchev–Trinajstić information content (AvgIpc) is 2.73. The molecule has 1 N–H and O–H groups in total. The Morgan fingerprint density at radius 2 is 1.76 bits per heavy atom. The Morgan fingerprint density at radius 3 is 2.38 bits per heavy atom. The number of pyridine rings is 1. The number of methoxy groups -OCH3 is 1. The van der Waals surface area contributed by atoms with Crippen molar-refractivity contribution in [3.05, 3.63) is 59.8 Å². The highest BCUT2D eigenvalue weighted by Gasteiger charge is 2.20. The van der Waals surface area contributed by atoms with Crippen molar-refractivity contribution in [2.45, 2.75) is 6.92 Å². The predicted octanol–water partition coefficient (Wildman–Crippen LogP) is 4.01. The number of ether oxygens (including phenoxy) is 2. The average molecular weight is 393 g/mol. The molecule has 1 heterocycles. The van der Waals surface area contributed by atoms with Gasteiger partial charge in [0.2, 0.25) is 0 Å². The van der Waals surface area contributed by atoms with Crippen molar-refractivity contribution in [3.63, 3.8) is 0 Å². The van der Waals surface area contributed by atoms with Crippen molar-refractivity contribution in [1.29, 1.82) is 0 Å². The summed E-state index contributed by atoms with van der Waals surface area (Å²) in [6.07, 6.45) is 1.42. The second kappa shape index (κ2) is 8.60. The molecule has 7 nitrogen and oxygen atoms in total. The van der Waals surface area contributed by atoms with E-state index in [-0.39, 0.29) is 12.2 Å². The zero-order valence-corrected chi connectivity index (χ0v) is 16.9. The molecule has 0 aliphatic heterocycles. The van der Waals surface area contributed by atoms with E-state index in [0.29, 0.717) is 22.2 Å². The first-order valence-corrected chi connectivity index (χ1v) is 9.17. The molecule has 0 unspecified atom stereocenters. The standard InChI is InChI=1S/C22H23N3O4/c1-5-29-22(27)18-13-23-19-16(7-6-8-17(19)21(26)28-4)20(18)24-14-9-11-15(12-10-14)25(2)3/h6-13H,5H2,1-4H3,(H,23,24). The number of rotatable bonds is 6. The van der Waals surface area contributed by atoms with Crippen molar-refractivity contribution in [2.75, 3.05) is 38.0 Å². The number of carbonyl (C=O) groups is 2. The zero-order chi connectivity index (χ0) is 21.0. The molecule has 0 saturated heterocycles. The summed E-state index contributed by atoms with van der Waals surface area (Å²) in [6.45, 7) is 1.99. The van der Waals surface area contributed by atoms with E-state index in [9.17, 15) is 9.59 Å². The van der Waals surface area contributed by atoms with Gasteiger partial charge in [-0.15, -0.1) is 0 Å². The molecule has 0 spiro atoms. The molecule has 0 aliphatic carbocycles. The third-order valence-electron chi connectivity index (χ3n) is 4.45. The summed E-state index contributed by atoms with van der Waals surface area (Å²) in [4.78, 5) is 31.0. The van der Waals surface area contributed by atoms with Gasteiger partial charge in [-0.1, -0.05) is 12.1 Å². The van der Waals surface area contributed by atoms with Crippen LogP contribution < -0.4 is 10.2 Å². The van der Waals surface area contributed by atoms with Crippen molar-refractivity contribution in [3.8, 4) is 0 Å². The number of para-hydroxylation sites is 1. The molecule has 0 fully saturated rings. The number of hydrogen-bond donors (Lipinski definition) is 1. The SMILES string of the molecule is CCOC(=O)c1cnc2c(C(=O)OC)cccc2c1Nc1ccc(N(C)C)cc1. The minimum absolute atomic E-state index is 0.246. The molecule has 29 heavy (non-hydrogen) atoms. The van der Waals surface area contributed by atoms with Crippen LogP contribution in [-0.4, -0.2) is 44.7 Å². The van der Waals surface area contributed by atoms with E-state index in [1.54, 1.807) is 25.1 Å². The van der Waals surface area contributed by atoms with Crippen molar-refractivity contribution >= 4 is 39.9 Å². The summed E-state index contributed by atoms with van der Waals surface area (Å²) in [6, 6.07) is 12.9. The van der Waals surface area contributed by atoms with Crippen LogP contribution >= 0.6 is 0 Å². The van der Waals surface area contributed by atoms with Gasteiger partial charge in [0.25, 0.3) is 0 Å². The summed E-state index contributed by atoms with van der Waals surface area (Å²) in [5.74, 6) is -0.981. The molecule has 0 aliphatic rings. The topological polar surface area (TPSA) is 80.8 Å². The van der Waals surface area contributed by atoms with Crippen LogP contribution in [0.3, 0.4) is 0 Å². The molecule has 0 saturated carbocycles. The first-order chi connectivity index (χ1) is 14.0. The van der Waals surface area contributed by atoms with Gasteiger partial charge in [-0.05, 0) is 37.3 Å². The molecule has 0 amide bonds. The Balaban J connectivity index is 2.15. The van der Waals surface area contributed by atoms with Gasteiger partial charge in [0.05, 0.1) is 30.5 Å². The Bertz CT molecular complexity index is 1050. The van der Waals surface area contributed by atoms with Crippen molar-refractivity contribution in [2.24, 2.45) is 0 Å². The molecule has 3 aromatic rings. The monoisotopic (exact) mass is 393 g/mol. The third-order valence-corrected chi connectivity index (χ3v) is 4.45. The highest BCUT2D eigenvalue weighted by atomic mass is 16.5. The highest BCUT2D eigenvalue weighted by molar-refractivity contribution is 6.11. The van der Waals surface area contributed by atoms with Crippen LogP contribution in [-0.2, 0) is 9.47 Å². The van der Waals surface area contributed by atoms with Crippen LogP contribution in [0.1, 0.15) is 27.6 Å². The van der Waals surface area contributed by atoms with Crippen LogP contribution in [0.2, 0.25) is 0 Å². The fourth-order valence-corrected chi connectivity index (χ4v) is 2.98. The lowest BCUT2D eigenvalue weighted by Crippen LogP contribution is -2.11. The Hall–Kier alpha value is -3.61. The number of nitrogens with one attached hydrogen (secondary N) is 1. The summed E-state index contributed by atoms with van der Waals surface area (Å²) < 4.78 is 10.0. The third kappa shape index (κ3) is 4.13. The van der Waals surface area contributed by atoms with Gasteiger partial charge in [-0.25, -0.2) is 9.59 Å². The Kier molecular flexibility index (Phi) is 5.97. The molecule has 1 aromatic heterocycles. The number of hydrogen-bond acceptors (Lipinski definition) is 7. The van der Waals surface area contributed by atoms with Gasteiger partial charge < -0.3 is 19.7 Å². The minimum atomic E-state index is -0.492. The first-order valence-electron chi connectivity index (χ1n) is 9.17. The summed E-state index contributed by atoms with van der Waals surface area (Å²) >= 11 is 0. The number of aromatic nitrogens is 1. The maximum atomic E-state index is 12.5. The summed E-state index contributed by atoms with van der Waals surface area (Å²) in [5, 5.41) is 3.91.